The van der Waals surface area contributed by atoms with Crippen LogP contribution in [0.4, 0.5) is 18.9 Å². The minimum absolute atomic E-state index is 0.0421. The number of ether oxygens (including phenoxy) is 1. The second-order valence-corrected chi connectivity index (χ2v) is 4.97. The lowest BCUT2D eigenvalue weighted by molar-refractivity contribution is -0.170. The predicted octanol–water partition coefficient (Wildman–Crippen LogP) is 1.92. The Morgan fingerprint density at radius 3 is 2.85 bits per heavy atom. The molecule has 2 aliphatic rings. The number of alkyl halides is 3. The fraction of sp³-hybridized carbons (Fsp3) is 0.462. The van der Waals surface area contributed by atoms with Gasteiger partial charge in [0.25, 0.3) is 0 Å². The van der Waals surface area contributed by atoms with Gasteiger partial charge in [0.1, 0.15) is 12.4 Å². The minimum atomic E-state index is -4.89. The molecule has 2 N–H and O–H groups in total. The molecule has 2 heterocycles. The number of aryl methyl sites for hydroxylation is 1. The van der Waals surface area contributed by atoms with Crippen molar-refractivity contribution in [2.75, 3.05) is 18.1 Å². The molecule has 1 amide bonds. The molecule has 0 bridgehead atoms. The van der Waals surface area contributed by atoms with Crippen LogP contribution >= 0.6 is 0 Å². The first kappa shape index (κ1) is 13.2. The van der Waals surface area contributed by atoms with Crippen LogP contribution < -0.4 is 15.4 Å². The maximum atomic E-state index is 12.7. The summed E-state index contributed by atoms with van der Waals surface area (Å²) in [7, 11) is 0. The molecule has 108 valence electrons. The lowest BCUT2D eigenvalue weighted by Crippen LogP contribution is -2.44. The van der Waals surface area contributed by atoms with Crippen molar-refractivity contribution in [1.82, 2.24) is 0 Å². The van der Waals surface area contributed by atoms with E-state index in [0.29, 0.717) is 29.7 Å². The van der Waals surface area contributed by atoms with Crippen LogP contribution in [0.5, 0.6) is 5.75 Å². The van der Waals surface area contributed by atoms with Crippen molar-refractivity contribution in [3.8, 4) is 5.75 Å². The second kappa shape index (κ2) is 4.37. The van der Waals surface area contributed by atoms with E-state index < -0.39 is 12.1 Å². The molecular formula is C13H13F3N2O2. The zero-order chi connectivity index (χ0) is 14.5. The highest BCUT2D eigenvalue weighted by atomic mass is 19.4. The highest BCUT2D eigenvalue weighted by molar-refractivity contribution is 6.00. The maximum absolute atomic E-state index is 12.7. The third-order valence-corrected chi connectivity index (χ3v) is 3.64. The van der Waals surface area contributed by atoms with Crippen LogP contribution in [0.3, 0.4) is 0 Å². The summed E-state index contributed by atoms with van der Waals surface area (Å²) in [6, 6.07) is 3.14. The second-order valence-electron chi connectivity index (χ2n) is 4.97. The number of nitrogens with zero attached hydrogens (tertiary/aromatic N) is 1. The molecule has 1 atom stereocenters. The topological polar surface area (TPSA) is 55.6 Å². The van der Waals surface area contributed by atoms with Gasteiger partial charge in [-0.2, -0.15) is 13.2 Å². The Morgan fingerprint density at radius 2 is 2.15 bits per heavy atom. The summed E-state index contributed by atoms with van der Waals surface area (Å²) in [5.41, 5.74) is 7.43. The Labute approximate surface area is 113 Å². The fourth-order valence-corrected chi connectivity index (χ4v) is 2.73. The molecule has 0 spiro atoms. The number of amides is 1. The van der Waals surface area contributed by atoms with Crippen molar-refractivity contribution in [2.45, 2.75) is 25.1 Å². The number of carbonyl (C=O) groups is 1. The Kier molecular flexibility index (Phi) is 2.89. The predicted molar refractivity (Wildman–Crippen MR) is 65.6 cm³/mol. The monoisotopic (exact) mass is 286 g/mol. The fourth-order valence-electron chi connectivity index (χ4n) is 2.73. The first-order valence-corrected chi connectivity index (χ1v) is 6.32. The van der Waals surface area contributed by atoms with E-state index >= 15 is 0 Å². The molecule has 2 aliphatic heterocycles. The van der Waals surface area contributed by atoms with Gasteiger partial charge in [-0.05, 0) is 18.4 Å². The zero-order valence-corrected chi connectivity index (χ0v) is 10.5. The van der Waals surface area contributed by atoms with Gasteiger partial charge in [-0.3, -0.25) is 4.79 Å². The molecular weight excluding hydrogens is 273 g/mol. The Bertz CT molecular complexity index is 571. The number of anilines is 1. The summed E-state index contributed by atoms with van der Waals surface area (Å²) < 4.78 is 43.5. The van der Waals surface area contributed by atoms with Gasteiger partial charge >= 0.3 is 12.1 Å². The van der Waals surface area contributed by atoms with Crippen LogP contribution in [0, 0.1) is 0 Å². The summed E-state index contributed by atoms with van der Waals surface area (Å²) in [6.45, 7) is 0.264. The molecule has 0 fully saturated rings. The van der Waals surface area contributed by atoms with E-state index in [1.165, 1.54) is 0 Å². The van der Waals surface area contributed by atoms with Crippen molar-refractivity contribution in [1.29, 1.82) is 0 Å². The number of nitrogens with two attached hydrogens (primary N) is 1. The van der Waals surface area contributed by atoms with Crippen molar-refractivity contribution < 1.29 is 22.7 Å². The Morgan fingerprint density at radius 1 is 1.40 bits per heavy atom. The lowest BCUT2D eigenvalue weighted by Gasteiger charge is -2.31. The smallest absolute Gasteiger partial charge is 0.471 e. The van der Waals surface area contributed by atoms with Gasteiger partial charge in [0.15, 0.2) is 0 Å². The minimum Gasteiger partial charge on any atom is -0.489 e. The van der Waals surface area contributed by atoms with E-state index in [1.54, 1.807) is 12.1 Å². The van der Waals surface area contributed by atoms with Gasteiger partial charge < -0.3 is 15.4 Å². The van der Waals surface area contributed by atoms with Gasteiger partial charge in [0, 0.05) is 12.1 Å². The van der Waals surface area contributed by atoms with Crippen LogP contribution in [0.15, 0.2) is 12.1 Å². The molecule has 1 aromatic rings. The van der Waals surface area contributed by atoms with Crippen LogP contribution in [0.25, 0.3) is 0 Å². The largest absolute Gasteiger partial charge is 0.489 e. The van der Waals surface area contributed by atoms with Gasteiger partial charge in [0.2, 0.25) is 0 Å². The van der Waals surface area contributed by atoms with E-state index in [9.17, 15) is 18.0 Å². The molecule has 4 nitrogen and oxygen atoms in total. The molecule has 1 unspecified atom stereocenters. The van der Waals surface area contributed by atoms with Crippen molar-refractivity contribution in [3.63, 3.8) is 0 Å². The van der Waals surface area contributed by atoms with E-state index in [-0.39, 0.29) is 24.9 Å². The molecule has 1 aromatic carbocycles. The number of hydrogen-bond donors (Lipinski definition) is 1. The molecule has 3 rings (SSSR count). The first-order valence-electron chi connectivity index (χ1n) is 6.32. The average molecular weight is 286 g/mol. The van der Waals surface area contributed by atoms with E-state index in [2.05, 4.69) is 0 Å². The van der Waals surface area contributed by atoms with Gasteiger partial charge in [0.05, 0.1) is 11.7 Å². The highest BCUT2D eigenvalue weighted by Crippen LogP contribution is 2.45. The summed E-state index contributed by atoms with van der Waals surface area (Å²) in [6.07, 6.45) is -3.76. The van der Waals surface area contributed by atoms with Crippen LogP contribution in [-0.2, 0) is 11.2 Å². The quantitative estimate of drug-likeness (QED) is 0.792. The average Bonchev–Trinajstić information content (AvgIpc) is 2.78. The zero-order valence-electron chi connectivity index (χ0n) is 10.5. The van der Waals surface area contributed by atoms with Crippen LogP contribution in [-0.4, -0.2) is 25.2 Å². The van der Waals surface area contributed by atoms with Crippen molar-refractivity contribution in [3.05, 3.63) is 23.3 Å². The van der Waals surface area contributed by atoms with Gasteiger partial charge in [-0.15, -0.1) is 0 Å². The number of carbonyl (C=O) groups excluding carboxylic acids is 1. The third-order valence-electron chi connectivity index (χ3n) is 3.64. The Balaban J connectivity index is 2.11. The molecule has 0 aromatic heterocycles. The highest BCUT2D eigenvalue weighted by Gasteiger charge is 2.45. The number of fused-ring (bicyclic) bond motifs is 3. The molecule has 0 aliphatic carbocycles. The maximum Gasteiger partial charge on any atom is 0.471 e. The SMILES string of the molecule is NC1COc2c1ccc1c2N(C(=O)C(F)(F)F)CCC1. The molecule has 0 radical (unpaired) electrons. The van der Waals surface area contributed by atoms with Gasteiger partial charge in [-0.25, -0.2) is 0 Å². The normalized spacial score (nSPS) is 21.2. The molecule has 7 heteroatoms. The number of hydrogen-bond acceptors (Lipinski definition) is 3. The Hall–Kier alpha value is -1.76. The summed E-state index contributed by atoms with van der Waals surface area (Å²) >= 11 is 0. The summed E-state index contributed by atoms with van der Waals surface area (Å²) in [4.78, 5) is 12.4. The van der Waals surface area contributed by atoms with Crippen LogP contribution in [0.1, 0.15) is 23.6 Å². The number of rotatable bonds is 0. The van der Waals surface area contributed by atoms with E-state index in [1.807, 2.05) is 0 Å². The van der Waals surface area contributed by atoms with E-state index in [0.717, 1.165) is 4.90 Å². The first-order chi connectivity index (χ1) is 9.39. The van der Waals surface area contributed by atoms with E-state index in [4.69, 9.17) is 10.5 Å². The standard InChI is InChI=1S/C13H13F3N2O2/c14-13(15,16)12(19)18-5-1-2-7-3-4-8-9(17)6-20-11(8)10(7)18/h3-4,9H,1-2,5-6,17H2. The van der Waals surface area contributed by atoms with Crippen molar-refractivity contribution in [2.24, 2.45) is 5.73 Å². The number of benzene rings is 1. The lowest BCUT2D eigenvalue weighted by atomic mass is 9.97. The number of halogens is 3. The molecule has 0 saturated heterocycles. The van der Waals surface area contributed by atoms with Crippen LogP contribution in [0.2, 0.25) is 0 Å². The molecule has 20 heavy (non-hydrogen) atoms. The molecule has 0 saturated carbocycles. The van der Waals surface area contributed by atoms with Gasteiger partial charge in [-0.1, -0.05) is 12.1 Å². The summed E-state index contributed by atoms with van der Waals surface area (Å²) in [5, 5.41) is 0. The third kappa shape index (κ3) is 1.93. The summed E-state index contributed by atoms with van der Waals surface area (Å²) in [5.74, 6) is -1.52. The van der Waals surface area contributed by atoms with Crippen molar-refractivity contribution >= 4 is 11.6 Å².